The van der Waals surface area contributed by atoms with Crippen LogP contribution in [0.5, 0.6) is 0 Å². The highest BCUT2D eigenvalue weighted by atomic mass is 35.5. The molecule has 0 atom stereocenters. The molecule has 1 saturated carbocycles. The number of halogens is 1. The van der Waals surface area contributed by atoms with Gasteiger partial charge >= 0.3 is 5.97 Å². The maximum absolute atomic E-state index is 12.8. The molecule has 0 bridgehead atoms. The number of piperidine rings is 1. The molecule has 1 N–H and O–H groups in total. The van der Waals surface area contributed by atoms with E-state index in [0.717, 1.165) is 51.0 Å². The molecule has 0 aromatic carbocycles. The average molecular weight is 380 g/mol. The number of hydrogen-bond donors (Lipinski definition) is 1. The molecular weight excluding hydrogens is 354 g/mol. The predicted octanol–water partition coefficient (Wildman–Crippen LogP) is 2.94. The Hall–Kier alpha value is -1.82. The average Bonchev–Trinajstić information content (AvgIpc) is 2.68. The molecule has 1 amide bonds. The summed E-state index contributed by atoms with van der Waals surface area (Å²) in [5, 5.41) is 3.66. The number of esters is 1. The smallest absolute Gasteiger partial charge is 0.331 e. The van der Waals surface area contributed by atoms with Crippen LogP contribution in [0.4, 0.5) is 5.82 Å². The Labute approximate surface area is 159 Å². The summed E-state index contributed by atoms with van der Waals surface area (Å²) in [6.45, 7) is 1.52. The van der Waals surface area contributed by atoms with Crippen LogP contribution in [0.3, 0.4) is 0 Å². The molecule has 3 rings (SSSR count). The number of hydrogen-bond acceptors (Lipinski definition) is 5. The third kappa shape index (κ3) is 4.11. The van der Waals surface area contributed by atoms with E-state index in [1.807, 2.05) is 12.1 Å². The van der Waals surface area contributed by atoms with E-state index < -0.39 is 5.54 Å². The number of nitrogens with one attached hydrogen (secondary N) is 1. The minimum atomic E-state index is -0.834. The Morgan fingerprint density at radius 2 is 1.92 bits per heavy atom. The lowest BCUT2D eigenvalue weighted by molar-refractivity contribution is -0.153. The molecule has 6 nitrogen and oxygen atoms in total. The molecule has 1 aromatic heterocycles. The fraction of sp³-hybridized carbons (Fsp3) is 0.632. The van der Waals surface area contributed by atoms with Crippen molar-refractivity contribution in [1.29, 1.82) is 0 Å². The van der Waals surface area contributed by atoms with E-state index in [1.54, 1.807) is 6.20 Å². The molecule has 1 saturated heterocycles. The molecule has 0 radical (unpaired) electrons. The Morgan fingerprint density at radius 1 is 1.23 bits per heavy atom. The number of pyridine rings is 1. The zero-order valence-corrected chi connectivity index (χ0v) is 15.9. The van der Waals surface area contributed by atoms with Crippen LogP contribution in [-0.2, 0) is 14.3 Å². The summed E-state index contributed by atoms with van der Waals surface area (Å²) in [5.41, 5.74) is -0.834. The van der Waals surface area contributed by atoms with Gasteiger partial charge in [-0.05, 0) is 37.8 Å². The van der Waals surface area contributed by atoms with E-state index >= 15 is 0 Å². The molecular formula is C19H26ClN3O3. The number of methoxy groups -OCH3 is 1. The highest BCUT2D eigenvalue weighted by Gasteiger charge is 2.43. The van der Waals surface area contributed by atoms with Gasteiger partial charge in [0.1, 0.15) is 11.4 Å². The van der Waals surface area contributed by atoms with Gasteiger partial charge < -0.3 is 15.0 Å². The van der Waals surface area contributed by atoms with Crippen molar-refractivity contribution in [2.75, 3.05) is 25.1 Å². The molecule has 1 aliphatic heterocycles. The van der Waals surface area contributed by atoms with Crippen LogP contribution >= 0.6 is 11.6 Å². The highest BCUT2D eigenvalue weighted by molar-refractivity contribution is 6.30. The molecule has 142 valence electrons. The van der Waals surface area contributed by atoms with Crippen molar-refractivity contribution in [3.8, 4) is 0 Å². The molecule has 0 unspecified atom stereocenters. The van der Waals surface area contributed by atoms with Crippen molar-refractivity contribution in [2.45, 2.75) is 50.5 Å². The van der Waals surface area contributed by atoms with Crippen molar-refractivity contribution >= 4 is 29.3 Å². The number of ether oxygens (including phenoxy) is 1. The van der Waals surface area contributed by atoms with E-state index in [4.69, 9.17) is 16.3 Å². The normalized spacial score (nSPS) is 20.5. The molecule has 0 spiro atoms. The third-order valence-electron chi connectivity index (χ3n) is 5.55. The lowest BCUT2D eigenvalue weighted by Crippen LogP contribution is -2.58. The Bertz CT molecular complexity index is 636. The van der Waals surface area contributed by atoms with Gasteiger partial charge in [0.05, 0.1) is 12.1 Å². The summed E-state index contributed by atoms with van der Waals surface area (Å²) >= 11 is 5.89. The SMILES string of the molecule is COC(=O)C1(NC(=O)C2CCN(c3ccc(Cl)cn3)CC2)CCCCC1. The maximum atomic E-state index is 12.8. The van der Waals surface area contributed by atoms with Crippen LogP contribution in [0.2, 0.25) is 5.02 Å². The molecule has 1 aromatic rings. The summed E-state index contributed by atoms with van der Waals surface area (Å²) in [7, 11) is 1.39. The van der Waals surface area contributed by atoms with E-state index in [1.165, 1.54) is 7.11 Å². The zero-order valence-electron chi connectivity index (χ0n) is 15.2. The van der Waals surface area contributed by atoms with E-state index in [2.05, 4.69) is 15.2 Å². The lowest BCUT2D eigenvalue weighted by Gasteiger charge is -2.38. The number of nitrogens with zero attached hydrogens (tertiary/aromatic N) is 2. The van der Waals surface area contributed by atoms with Gasteiger partial charge in [-0.1, -0.05) is 30.9 Å². The molecule has 2 aliphatic rings. The fourth-order valence-corrected chi connectivity index (χ4v) is 4.11. The zero-order chi connectivity index (χ0) is 18.6. The second-order valence-electron chi connectivity index (χ2n) is 7.22. The van der Waals surface area contributed by atoms with Crippen molar-refractivity contribution in [2.24, 2.45) is 5.92 Å². The molecule has 1 aliphatic carbocycles. The Morgan fingerprint density at radius 3 is 2.50 bits per heavy atom. The largest absolute Gasteiger partial charge is 0.467 e. The van der Waals surface area contributed by atoms with Gasteiger partial charge in [-0.25, -0.2) is 9.78 Å². The summed E-state index contributed by atoms with van der Waals surface area (Å²) < 4.78 is 4.98. The fourth-order valence-electron chi connectivity index (χ4n) is 3.99. The molecule has 2 heterocycles. The van der Waals surface area contributed by atoms with E-state index in [-0.39, 0.29) is 17.8 Å². The first-order chi connectivity index (χ1) is 12.5. The van der Waals surface area contributed by atoms with Crippen LogP contribution in [0, 0.1) is 5.92 Å². The minimum absolute atomic E-state index is 0.0268. The molecule has 2 fully saturated rings. The van der Waals surface area contributed by atoms with Gasteiger partial charge in [-0.2, -0.15) is 0 Å². The van der Waals surface area contributed by atoms with Crippen LogP contribution in [0.1, 0.15) is 44.9 Å². The Kier molecular flexibility index (Phi) is 6.01. The number of rotatable bonds is 4. The number of amides is 1. The van der Waals surface area contributed by atoms with Gasteiger partial charge in [-0.15, -0.1) is 0 Å². The number of aromatic nitrogens is 1. The van der Waals surface area contributed by atoms with E-state index in [0.29, 0.717) is 17.9 Å². The van der Waals surface area contributed by atoms with Crippen molar-refractivity contribution in [1.82, 2.24) is 10.3 Å². The first-order valence-electron chi connectivity index (χ1n) is 9.31. The summed E-state index contributed by atoms with van der Waals surface area (Å²) in [4.78, 5) is 31.6. The lowest BCUT2D eigenvalue weighted by atomic mass is 9.81. The van der Waals surface area contributed by atoms with Crippen molar-refractivity contribution in [3.63, 3.8) is 0 Å². The standard InChI is InChI=1S/C19H26ClN3O3/c1-26-18(25)19(9-3-2-4-10-19)22-17(24)14-7-11-23(12-8-14)16-6-5-15(20)13-21-16/h5-6,13-14H,2-4,7-12H2,1H3,(H,22,24). The first kappa shape index (κ1) is 19.0. The highest BCUT2D eigenvalue weighted by Crippen LogP contribution is 2.31. The molecule has 7 heteroatoms. The van der Waals surface area contributed by atoms with Crippen LogP contribution in [0.25, 0.3) is 0 Å². The summed E-state index contributed by atoms with van der Waals surface area (Å²) in [6.07, 6.45) is 7.44. The van der Waals surface area contributed by atoms with Crippen LogP contribution < -0.4 is 10.2 Å². The second kappa shape index (κ2) is 8.25. The maximum Gasteiger partial charge on any atom is 0.331 e. The van der Waals surface area contributed by atoms with E-state index in [9.17, 15) is 9.59 Å². The first-order valence-corrected chi connectivity index (χ1v) is 9.69. The second-order valence-corrected chi connectivity index (χ2v) is 7.66. The quantitative estimate of drug-likeness (QED) is 0.814. The van der Waals surface area contributed by atoms with Gasteiger partial charge in [0.15, 0.2) is 0 Å². The van der Waals surface area contributed by atoms with Crippen LogP contribution in [0.15, 0.2) is 18.3 Å². The third-order valence-corrected chi connectivity index (χ3v) is 5.77. The van der Waals surface area contributed by atoms with Gasteiger partial charge in [-0.3, -0.25) is 4.79 Å². The van der Waals surface area contributed by atoms with Crippen LogP contribution in [-0.4, -0.2) is 42.6 Å². The Balaban J connectivity index is 1.59. The number of carbonyl (C=O) groups is 2. The summed E-state index contributed by atoms with van der Waals surface area (Å²) in [5.74, 6) is 0.461. The van der Waals surface area contributed by atoms with Gasteiger partial charge in [0.25, 0.3) is 0 Å². The predicted molar refractivity (Wildman–Crippen MR) is 100 cm³/mol. The minimum Gasteiger partial charge on any atom is -0.467 e. The molecule has 26 heavy (non-hydrogen) atoms. The van der Waals surface area contributed by atoms with Crippen molar-refractivity contribution in [3.05, 3.63) is 23.4 Å². The van der Waals surface area contributed by atoms with Gasteiger partial charge in [0.2, 0.25) is 5.91 Å². The van der Waals surface area contributed by atoms with Crippen molar-refractivity contribution < 1.29 is 14.3 Å². The summed E-state index contributed by atoms with van der Waals surface area (Å²) in [6, 6.07) is 3.73. The van der Waals surface area contributed by atoms with Gasteiger partial charge in [0, 0.05) is 25.2 Å². The number of carbonyl (C=O) groups excluding carboxylic acids is 2. The number of anilines is 1. The topological polar surface area (TPSA) is 71.5 Å². The monoisotopic (exact) mass is 379 g/mol.